The zero-order valence-corrected chi connectivity index (χ0v) is 10.1. The molecular weight excluding hydrogens is 194 g/mol. The van der Waals surface area contributed by atoms with Crippen LogP contribution in [0.15, 0.2) is 0 Å². The number of ether oxygens (including phenoxy) is 1. The monoisotopic (exact) mass is 217 g/mol. The Labute approximate surface area is 91.9 Å². The molecule has 0 saturated carbocycles. The molecule has 2 amide bonds. The smallest absolute Gasteiger partial charge is 0.315 e. The molecular formula is C10H23N3O2. The molecule has 0 aliphatic heterocycles. The predicted molar refractivity (Wildman–Crippen MR) is 61.0 cm³/mol. The SMILES string of the molecule is COCCNCCNC(=O)NC(C)(C)C. The Hall–Kier alpha value is -0.810. The van der Waals surface area contributed by atoms with Gasteiger partial charge >= 0.3 is 6.03 Å². The minimum Gasteiger partial charge on any atom is -0.383 e. The van der Waals surface area contributed by atoms with Gasteiger partial charge in [-0.15, -0.1) is 0 Å². The van der Waals surface area contributed by atoms with E-state index in [1.165, 1.54) is 0 Å². The van der Waals surface area contributed by atoms with Gasteiger partial charge in [-0.1, -0.05) is 0 Å². The highest BCUT2D eigenvalue weighted by Gasteiger charge is 2.12. The van der Waals surface area contributed by atoms with E-state index in [1.54, 1.807) is 7.11 Å². The van der Waals surface area contributed by atoms with Crippen LogP contribution in [0.1, 0.15) is 20.8 Å². The Morgan fingerprint density at radius 3 is 2.40 bits per heavy atom. The number of hydrogen-bond donors (Lipinski definition) is 3. The molecule has 0 rings (SSSR count). The number of urea groups is 1. The quantitative estimate of drug-likeness (QED) is 0.561. The van der Waals surface area contributed by atoms with Crippen molar-refractivity contribution in [3.05, 3.63) is 0 Å². The first-order valence-electron chi connectivity index (χ1n) is 5.21. The van der Waals surface area contributed by atoms with Crippen LogP contribution < -0.4 is 16.0 Å². The molecule has 5 heteroatoms. The normalized spacial score (nSPS) is 11.2. The lowest BCUT2D eigenvalue weighted by Gasteiger charge is -2.20. The number of nitrogens with one attached hydrogen (secondary N) is 3. The third kappa shape index (κ3) is 11.1. The molecule has 0 aromatic rings. The predicted octanol–water partition coefficient (Wildman–Crippen LogP) is 0.320. The molecule has 3 N–H and O–H groups in total. The standard InChI is InChI=1S/C10H23N3O2/c1-10(2,3)13-9(14)12-6-5-11-7-8-15-4/h11H,5-8H2,1-4H3,(H2,12,13,14). The molecule has 0 aromatic carbocycles. The van der Waals surface area contributed by atoms with Gasteiger partial charge in [0.25, 0.3) is 0 Å². The van der Waals surface area contributed by atoms with Crippen LogP contribution in [0.4, 0.5) is 4.79 Å². The molecule has 0 aromatic heterocycles. The van der Waals surface area contributed by atoms with Crippen molar-refractivity contribution < 1.29 is 9.53 Å². The first kappa shape index (κ1) is 14.2. The van der Waals surface area contributed by atoms with Crippen molar-refractivity contribution >= 4 is 6.03 Å². The summed E-state index contributed by atoms with van der Waals surface area (Å²) in [4.78, 5) is 11.3. The zero-order chi connectivity index (χ0) is 11.7. The summed E-state index contributed by atoms with van der Waals surface area (Å²) in [6.45, 7) is 8.70. The van der Waals surface area contributed by atoms with Gasteiger partial charge in [-0.3, -0.25) is 0 Å². The van der Waals surface area contributed by atoms with E-state index in [0.29, 0.717) is 13.2 Å². The highest BCUT2D eigenvalue weighted by atomic mass is 16.5. The number of carbonyl (C=O) groups excluding carboxylic acids is 1. The Morgan fingerprint density at radius 2 is 1.87 bits per heavy atom. The summed E-state index contributed by atoms with van der Waals surface area (Å²) in [6, 6.07) is -0.129. The Balaban J connectivity index is 3.32. The van der Waals surface area contributed by atoms with Crippen molar-refractivity contribution in [2.45, 2.75) is 26.3 Å². The summed E-state index contributed by atoms with van der Waals surface area (Å²) in [5.41, 5.74) is -0.187. The third-order valence-corrected chi connectivity index (χ3v) is 1.56. The summed E-state index contributed by atoms with van der Waals surface area (Å²) < 4.78 is 4.87. The summed E-state index contributed by atoms with van der Waals surface area (Å²) in [7, 11) is 1.66. The van der Waals surface area contributed by atoms with Crippen LogP contribution in [0.2, 0.25) is 0 Å². The van der Waals surface area contributed by atoms with Crippen molar-refractivity contribution in [2.24, 2.45) is 0 Å². The highest BCUT2D eigenvalue weighted by Crippen LogP contribution is 1.96. The lowest BCUT2D eigenvalue weighted by molar-refractivity contribution is 0.199. The van der Waals surface area contributed by atoms with Gasteiger partial charge in [-0.05, 0) is 20.8 Å². The third-order valence-electron chi connectivity index (χ3n) is 1.56. The fourth-order valence-corrected chi connectivity index (χ4v) is 0.948. The maximum atomic E-state index is 11.3. The molecule has 0 aliphatic rings. The van der Waals surface area contributed by atoms with Crippen molar-refractivity contribution in [1.29, 1.82) is 0 Å². The molecule has 0 spiro atoms. The average molecular weight is 217 g/mol. The van der Waals surface area contributed by atoms with E-state index in [9.17, 15) is 4.79 Å². The van der Waals surface area contributed by atoms with Gasteiger partial charge in [0.2, 0.25) is 0 Å². The van der Waals surface area contributed by atoms with Gasteiger partial charge in [0.1, 0.15) is 0 Å². The van der Waals surface area contributed by atoms with E-state index in [0.717, 1.165) is 13.1 Å². The van der Waals surface area contributed by atoms with E-state index in [4.69, 9.17) is 4.74 Å². The Morgan fingerprint density at radius 1 is 1.20 bits per heavy atom. The molecule has 0 saturated heterocycles. The van der Waals surface area contributed by atoms with E-state index < -0.39 is 0 Å². The number of rotatable bonds is 6. The molecule has 0 heterocycles. The first-order valence-corrected chi connectivity index (χ1v) is 5.21. The fourth-order valence-electron chi connectivity index (χ4n) is 0.948. The summed E-state index contributed by atoms with van der Waals surface area (Å²) in [6.07, 6.45) is 0. The highest BCUT2D eigenvalue weighted by molar-refractivity contribution is 5.74. The van der Waals surface area contributed by atoms with Gasteiger partial charge in [-0.2, -0.15) is 0 Å². The van der Waals surface area contributed by atoms with Crippen LogP contribution in [0, 0.1) is 0 Å². The Kier molecular flexibility index (Phi) is 7.07. The maximum absolute atomic E-state index is 11.3. The van der Waals surface area contributed by atoms with Gasteiger partial charge in [0.05, 0.1) is 6.61 Å². The van der Waals surface area contributed by atoms with Crippen molar-refractivity contribution in [3.63, 3.8) is 0 Å². The second-order valence-electron chi connectivity index (χ2n) is 4.37. The van der Waals surface area contributed by atoms with Crippen molar-refractivity contribution in [3.8, 4) is 0 Å². The molecule has 15 heavy (non-hydrogen) atoms. The van der Waals surface area contributed by atoms with E-state index in [2.05, 4.69) is 16.0 Å². The Bertz CT molecular complexity index is 178. The van der Waals surface area contributed by atoms with Crippen molar-refractivity contribution in [2.75, 3.05) is 33.4 Å². The zero-order valence-electron chi connectivity index (χ0n) is 10.1. The van der Waals surface area contributed by atoms with E-state index >= 15 is 0 Å². The van der Waals surface area contributed by atoms with Crippen LogP contribution >= 0.6 is 0 Å². The lowest BCUT2D eigenvalue weighted by Crippen LogP contribution is -2.47. The number of amides is 2. The number of methoxy groups -OCH3 is 1. The second kappa shape index (κ2) is 7.48. The molecule has 5 nitrogen and oxygen atoms in total. The second-order valence-corrected chi connectivity index (χ2v) is 4.37. The van der Waals surface area contributed by atoms with Crippen LogP contribution in [0.25, 0.3) is 0 Å². The van der Waals surface area contributed by atoms with Crippen LogP contribution in [-0.4, -0.2) is 44.9 Å². The molecule has 0 radical (unpaired) electrons. The average Bonchev–Trinajstić information content (AvgIpc) is 2.08. The molecule has 90 valence electrons. The van der Waals surface area contributed by atoms with Gasteiger partial charge in [0, 0.05) is 32.3 Å². The molecule has 0 bridgehead atoms. The molecule has 0 fully saturated rings. The minimum absolute atomic E-state index is 0.129. The van der Waals surface area contributed by atoms with Gasteiger partial charge in [0.15, 0.2) is 0 Å². The van der Waals surface area contributed by atoms with Crippen molar-refractivity contribution in [1.82, 2.24) is 16.0 Å². The maximum Gasteiger partial charge on any atom is 0.315 e. The number of carbonyl (C=O) groups is 1. The van der Waals surface area contributed by atoms with Crippen LogP contribution in [-0.2, 0) is 4.74 Å². The summed E-state index contributed by atoms with van der Waals surface area (Å²) in [5, 5.41) is 8.72. The lowest BCUT2D eigenvalue weighted by atomic mass is 10.1. The minimum atomic E-state index is -0.187. The molecule has 0 aliphatic carbocycles. The largest absolute Gasteiger partial charge is 0.383 e. The van der Waals surface area contributed by atoms with Crippen LogP contribution in [0.5, 0.6) is 0 Å². The van der Waals surface area contributed by atoms with Gasteiger partial charge in [-0.25, -0.2) is 4.79 Å². The number of hydrogen-bond acceptors (Lipinski definition) is 3. The van der Waals surface area contributed by atoms with E-state index in [1.807, 2.05) is 20.8 Å². The fraction of sp³-hybridized carbons (Fsp3) is 0.900. The van der Waals surface area contributed by atoms with E-state index in [-0.39, 0.29) is 11.6 Å². The van der Waals surface area contributed by atoms with Crippen LogP contribution in [0.3, 0.4) is 0 Å². The topological polar surface area (TPSA) is 62.4 Å². The molecule has 0 unspecified atom stereocenters. The summed E-state index contributed by atoms with van der Waals surface area (Å²) >= 11 is 0. The van der Waals surface area contributed by atoms with Gasteiger partial charge < -0.3 is 20.7 Å². The molecule has 0 atom stereocenters. The summed E-state index contributed by atoms with van der Waals surface area (Å²) in [5.74, 6) is 0. The first-order chi connectivity index (χ1) is 6.95.